The van der Waals surface area contributed by atoms with E-state index in [-0.39, 0.29) is 87.6 Å². The van der Waals surface area contributed by atoms with Crippen LogP contribution in [0.3, 0.4) is 0 Å². The summed E-state index contributed by atoms with van der Waals surface area (Å²) < 4.78 is 4.72. The molecule has 17 nitrogen and oxygen atoms in total. The Hall–Kier alpha value is -20.2. The molecule has 0 atom stereocenters. The van der Waals surface area contributed by atoms with Crippen molar-refractivity contribution < 1.29 is 20.1 Å². The van der Waals surface area contributed by atoms with Gasteiger partial charge in [0.1, 0.15) is 46.3 Å². The van der Waals surface area contributed by atoms with E-state index in [0.717, 1.165) is 62.1 Å². The first-order chi connectivity index (χ1) is 70.6. The van der Waals surface area contributed by atoms with Crippen molar-refractivity contribution in [1.82, 2.24) is 44.0 Å². The van der Waals surface area contributed by atoms with Gasteiger partial charge in [-0.05, 0) is 200 Å². The Bertz CT molecular complexity index is 8450. The fourth-order valence-electron chi connectivity index (χ4n) is 18.3. The summed E-state index contributed by atoms with van der Waals surface area (Å²) in [6, 6.07) is 169. The number of hydrogen-bond donors (Lipinski definition) is 0. The van der Waals surface area contributed by atoms with Gasteiger partial charge >= 0.3 is 11.6 Å². The second-order valence-electron chi connectivity index (χ2n) is 33.6. The standard InChI is InChI=1S/C60H44N2.C36H24N2.C18N12.C12H10N.Ir/c1-5-13-45(14-6-1)48-21-23-49(24-22-48)52-29-39-56(40-30-52)61(55-19-11-4-12-20-55)57-41-31-53(32-42-57)54-33-43-60(44-34-54)62(58-35-25-50(26-36-58)46-15-7-2-8-16-46)59-37-27-51(28-38-59)47-17-9-3-10-18-47;1-5-13-33-29(9-1)30-10-2-6-14-34(30)37(33)27-21-17-25(18-22-27)26-19-23-28(24-20-26)38-35-15-7-3-11-31(35)32-12-4-8-16-36(32)38;1-23-17-9(5-21)27-13-11-12(26-8(4-20)7(3-19)25-11)14-16(15(13)29-17)30-18(24-2)10(6-22)28-14;1-10-6-2-3-7-11(10)12-8-4-5-9-13-12;/h1-44H;1-24H;;2-9H,1H2;/q;;;-1;. The third-order valence-corrected chi connectivity index (χ3v) is 25.2. The molecular formula is C126H78IrN17-. The minimum atomic E-state index is -0.303. The maximum atomic E-state index is 9.30. The molecule has 24 rings (SSSR count). The van der Waals surface area contributed by atoms with E-state index in [9.17, 15) is 21.0 Å². The molecule has 0 bridgehead atoms. The Morgan fingerprint density at radius 1 is 0.236 bits per heavy atom. The van der Waals surface area contributed by atoms with Gasteiger partial charge in [-0.15, -0.1) is 27.7 Å². The summed E-state index contributed by atoms with van der Waals surface area (Å²) in [6.45, 7) is 18.4. The van der Waals surface area contributed by atoms with Crippen LogP contribution in [0.1, 0.15) is 28.3 Å². The topological polar surface area (TPSA) is 210 Å². The van der Waals surface area contributed by atoms with E-state index in [1.54, 1.807) is 30.5 Å². The molecule has 677 valence electrons. The average molecular weight is 2020 g/mol. The third kappa shape index (κ3) is 18.4. The van der Waals surface area contributed by atoms with Crippen LogP contribution in [0.4, 0.5) is 45.8 Å². The van der Waals surface area contributed by atoms with Crippen molar-refractivity contribution in [2.75, 3.05) is 9.80 Å². The van der Waals surface area contributed by atoms with Crippen LogP contribution < -0.4 is 9.80 Å². The number of anilines is 6. The molecule has 0 spiro atoms. The minimum Gasteiger partial charge on any atom is -0.358 e. The number of fused-ring (bicyclic) bond motifs is 12. The first-order valence-electron chi connectivity index (χ1n) is 46.1. The van der Waals surface area contributed by atoms with Gasteiger partial charge in [-0.2, -0.15) is 39.6 Å². The molecule has 1 radical (unpaired) electrons. The molecule has 144 heavy (non-hydrogen) atoms. The molecule has 24 aromatic rings. The Labute approximate surface area is 844 Å². The van der Waals surface area contributed by atoms with Crippen molar-refractivity contribution in [2.45, 2.75) is 0 Å². The first kappa shape index (κ1) is 91.5. The van der Waals surface area contributed by atoms with Gasteiger partial charge in [-0.3, -0.25) is 4.98 Å². The van der Waals surface area contributed by atoms with Crippen LogP contribution >= 0.6 is 0 Å². The first-order valence-corrected chi connectivity index (χ1v) is 46.1. The molecule has 6 aromatic heterocycles. The van der Waals surface area contributed by atoms with E-state index >= 15 is 0 Å². The zero-order valence-electron chi connectivity index (χ0n) is 77.0. The summed E-state index contributed by atoms with van der Waals surface area (Å²) in [6.07, 6.45) is 1.79. The van der Waals surface area contributed by atoms with E-state index in [2.05, 4.69) is 483 Å². The third-order valence-electron chi connectivity index (χ3n) is 25.2. The molecule has 18 heteroatoms. The Balaban J connectivity index is 0.000000131. The summed E-state index contributed by atoms with van der Waals surface area (Å²) in [5.41, 5.74) is 30.2. The van der Waals surface area contributed by atoms with Gasteiger partial charge in [-0.25, -0.2) is 19.9 Å². The fourth-order valence-corrected chi connectivity index (χ4v) is 18.3. The second-order valence-corrected chi connectivity index (χ2v) is 33.6. The van der Waals surface area contributed by atoms with Gasteiger partial charge in [0.25, 0.3) is 0 Å². The minimum absolute atomic E-state index is 0. The molecule has 0 aliphatic heterocycles. The predicted molar refractivity (Wildman–Crippen MR) is 575 cm³/mol. The number of aromatic nitrogens is 9. The Morgan fingerprint density at radius 2 is 0.465 bits per heavy atom. The Morgan fingerprint density at radius 3 is 0.743 bits per heavy atom. The van der Waals surface area contributed by atoms with Crippen LogP contribution in [0.5, 0.6) is 0 Å². The molecule has 0 N–H and O–H groups in total. The molecule has 0 fully saturated rings. The molecule has 0 unspecified atom stereocenters. The summed E-state index contributed by atoms with van der Waals surface area (Å²) in [5, 5.41) is 42.3. The number of benzene rings is 18. The van der Waals surface area contributed by atoms with Gasteiger partial charge in [-0.1, -0.05) is 316 Å². The molecule has 0 amide bonds. The zero-order chi connectivity index (χ0) is 97.1. The van der Waals surface area contributed by atoms with Crippen molar-refractivity contribution in [2.24, 2.45) is 0 Å². The van der Waals surface area contributed by atoms with Crippen LogP contribution in [0.2, 0.25) is 0 Å². The summed E-state index contributed by atoms with van der Waals surface area (Å²) >= 11 is 0. The largest absolute Gasteiger partial charge is 0.358 e. The summed E-state index contributed by atoms with van der Waals surface area (Å²) in [5.74, 6) is -0.605. The number of nitrogens with zero attached hydrogens (tertiary/aromatic N) is 17. The molecule has 18 aromatic carbocycles. The molecular weight excluding hydrogens is 1940 g/mol. The number of rotatable bonds is 15. The molecule has 0 aliphatic rings. The number of para-hydroxylation sites is 5. The van der Waals surface area contributed by atoms with E-state index in [4.69, 9.17) is 13.1 Å². The van der Waals surface area contributed by atoms with Gasteiger partial charge in [0, 0.05) is 99.0 Å². The number of nitriles is 4. The Kier molecular flexibility index (Phi) is 26.3. The fraction of sp³-hybridized carbons (Fsp3) is 0. The average Bonchev–Trinajstić information content (AvgIpc) is 0.798. The molecule has 0 aliphatic carbocycles. The smallest absolute Gasteiger partial charge is 0.307 e. The van der Waals surface area contributed by atoms with Crippen LogP contribution in [0, 0.1) is 65.4 Å². The van der Waals surface area contributed by atoms with Gasteiger partial charge in [0.05, 0.1) is 22.1 Å². The predicted octanol–water partition coefficient (Wildman–Crippen LogP) is 31.5. The van der Waals surface area contributed by atoms with E-state index < -0.39 is 0 Å². The van der Waals surface area contributed by atoms with Crippen LogP contribution in [0.25, 0.3) is 176 Å². The van der Waals surface area contributed by atoms with Gasteiger partial charge < -0.3 is 28.6 Å². The maximum Gasteiger partial charge on any atom is 0.307 e. The van der Waals surface area contributed by atoms with Crippen molar-refractivity contribution in [3.05, 3.63) is 519 Å². The van der Waals surface area contributed by atoms with Crippen molar-refractivity contribution in [1.29, 1.82) is 21.0 Å². The normalized spacial score (nSPS) is 10.7. The number of hydrogen-bond acceptors (Lipinski definition) is 13. The zero-order valence-corrected chi connectivity index (χ0v) is 79.4. The van der Waals surface area contributed by atoms with Crippen molar-refractivity contribution in [3.63, 3.8) is 0 Å². The van der Waals surface area contributed by atoms with E-state index in [0.29, 0.717) is 0 Å². The summed E-state index contributed by atoms with van der Waals surface area (Å²) in [4.78, 5) is 40.0. The van der Waals surface area contributed by atoms with Crippen LogP contribution in [0.15, 0.2) is 461 Å². The van der Waals surface area contributed by atoms with Crippen LogP contribution in [-0.4, -0.2) is 44.0 Å². The van der Waals surface area contributed by atoms with E-state index in [1.165, 1.54) is 111 Å². The van der Waals surface area contributed by atoms with E-state index in [1.807, 2.05) is 42.5 Å². The quantitative estimate of drug-likeness (QED) is 0.0691. The van der Waals surface area contributed by atoms with Gasteiger partial charge in [0.2, 0.25) is 11.0 Å². The SMILES string of the molecule is [C-]#[N+]c1nc2c(nc1C#N)c1nc(C#N)c(C#N)nc1c1nc(C#N)c([N+]#[C-])nc12.[CH2-]c1ccccc1-c1ccccn1.[Ir].c1ccc(-c2ccc(-c3ccc(N(c4ccccc4)c4ccc(-c5ccc(N(c6ccc(-c7ccccc7)cc6)c6ccc(-c7ccccc7)cc6)cc5)cc4)cc3)cc2)cc1.c1ccc2c(c1)c1ccccc1n2-c1ccc(-c2ccc(-n3c4ccccc4c4ccccc43)cc2)cc1. The van der Waals surface area contributed by atoms with Crippen molar-refractivity contribution >= 4 is 122 Å². The molecule has 0 saturated heterocycles. The van der Waals surface area contributed by atoms with Gasteiger partial charge in [0.15, 0.2) is 22.8 Å². The summed E-state index contributed by atoms with van der Waals surface area (Å²) in [7, 11) is 0. The maximum absolute atomic E-state index is 9.30. The number of pyridine rings is 1. The molecule has 0 saturated carbocycles. The van der Waals surface area contributed by atoms with Crippen molar-refractivity contribution in [3.8, 4) is 114 Å². The monoisotopic (exact) mass is 2020 g/mol. The molecule has 6 heterocycles. The van der Waals surface area contributed by atoms with Crippen LogP contribution in [-0.2, 0) is 20.1 Å². The second kappa shape index (κ2) is 41.4.